The second kappa shape index (κ2) is 7.75. The number of alkyl halides is 3. The van der Waals surface area contributed by atoms with Crippen molar-refractivity contribution in [3.63, 3.8) is 0 Å². The van der Waals surface area contributed by atoms with Gasteiger partial charge in [0, 0.05) is 44.8 Å². The van der Waals surface area contributed by atoms with Gasteiger partial charge in [0.25, 0.3) is 5.91 Å². The number of aryl methyl sites for hydroxylation is 1. The fourth-order valence-electron chi connectivity index (χ4n) is 3.49. The van der Waals surface area contributed by atoms with Crippen molar-refractivity contribution in [3.05, 3.63) is 52.7 Å². The molecular weight excluding hydrogens is 421 g/mol. The van der Waals surface area contributed by atoms with Gasteiger partial charge in [-0.1, -0.05) is 18.5 Å². The minimum Gasteiger partial charge on any atom is -0.337 e. The van der Waals surface area contributed by atoms with E-state index in [4.69, 9.17) is 11.6 Å². The number of rotatable bonds is 3. The number of carbonyl (C=O) groups is 1. The van der Waals surface area contributed by atoms with Gasteiger partial charge in [0.05, 0.1) is 16.3 Å². The molecule has 3 aromatic heterocycles. The number of pyridine rings is 1. The predicted molar refractivity (Wildman–Crippen MR) is 105 cm³/mol. The van der Waals surface area contributed by atoms with Gasteiger partial charge in [0.2, 0.25) is 5.95 Å². The van der Waals surface area contributed by atoms with Crippen LogP contribution in [0.3, 0.4) is 0 Å². The fourth-order valence-corrected chi connectivity index (χ4v) is 3.74. The molecule has 1 fully saturated rings. The molecule has 3 aromatic rings. The Hall–Kier alpha value is -2.88. The van der Waals surface area contributed by atoms with Crippen molar-refractivity contribution in [2.24, 2.45) is 0 Å². The number of halogens is 4. The van der Waals surface area contributed by atoms with E-state index in [-0.39, 0.29) is 22.3 Å². The van der Waals surface area contributed by atoms with Crippen LogP contribution in [0, 0.1) is 0 Å². The minimum atomic E-state index is -4.59. The zero-order valence-electron chi connectivity index (χ0n) is 16.0. The third-order valence-corrected chi connectivity index (χ3v) is 5.29. The van der Waals surface area contributed by atoms with E-state index in [1.54, 1.807) is 30.3 Å². The fraction of sp³-hybridized carbons (Fsp3) is 0.368. The average molecular weight is 439 g/mol. The number of imidazole rings is 1. The Kier molecular flexibility index (Phi) is 5.27. The number of nitrogens with zero attached hydrogens (tertiary/aromatic N) is 6. The summed E-state index contributed by atoms with van der Waals surface area (Å²) in [5.74, 6) is 0.207. The quantitative estimate of drug-likeness (QED) is 0.627. The summed E-state index contributed by atoms with van der Waals surface area (Å²) in [6.45, 7) is 3.60. The molecule has 0 aromatic carbocycles. The topological polar surface area (TPSA) is 66.6 Å². The maximum Gasteiger partial charge on any atom is 0.417 e. The zero-order chi connectivity index (χ0) is 21.5. The van der Waals surface area contributed by atoms with Crippen LogP contribution in [0.4, 0.5) is 19.1 Å². The molecule has 0 spiro atoms. The van der Waals surface area contributed by atoms with Gasteiger partial charge in [-0.2, -0.15) is 13.2 Å². The summed E-state index contributed by atoms with van der Waals surface area (Å²) in [6, 6.07) is 2.55. The first-order valence-corrected chi connectivity index (χ1v) is 9.76. The molecular formula is C19H18ClF3N6O. The molecule has 0 unspecified atom stereocenters. The molecule has 1 saturated heterocycles. The third-order valence-electron chi connectivity index (χ3n) is 5.01. The molecule has 0 aliphatic carbocycles. The summed E-state index contributed by atoms with van der Waals surface area (Å²) in [5.41, 5.74) is -0.263. The van der Waals surface area contributed by atoms with E-state index in [0.717, 1.165) is 12.3 Å². The molecule has 7 nitrogen and oxygen atoms in total. The Morgan fingerprint density at radius 3 is 2.43 bits per heavy atom. The Labute approximate surface area is 175 Å². The molecule has 0 bridgehead atoms. The predicted octanol–water partition coefficient (Wildman–Crippen LogP) is 3.32. The first-order chi connectivity index (χ1) is 14.3. The second-order valence-electron chi connectivity index (χ2n) is 6.86. The van der Waals surface area contributed by atoms with Gasteiger partial charge < -0.3 is 9.80 Å². The largest absolute Gasteiger partial charge is 0.417 e. The van der Waals surface area contributed by atoms with E-state index in [1.807, 2.05) is 4.90 Å². The van der Waals surface area contributed by atoms with Gasteiger partial charge >= 0.3 is 6.18 Å². The Morgan fingerprint density at radius 2 is 1.83 bits per heavy atom. The van der Waals surface area contributed by atoms with Crippen LogP contribution in [0.15, 0.2) is 30.7 Å². The normalized spacial score (nSPS) is 15.1. The molecule has 158 valence electrons. The van der Waals surface area contributed by atoms with Crippen LogP contribution >= 0.6 is 11.6 Å². The summed E-state index contributed by atoms with van der Waals surface area (Å²) >= 11 is 6.06. The van der Waals surface area contributed by atoms with Crippen LogP contribution in [0.25, 0.3) is 5.65 Å². The number of hydrogen-bond acceptors (Lipinski definition) is 5. The first kappa shape index (κ1) is 20.4. The lowest BCUT2D eigenvalue weighted by molar-refractivity contribution is -0.137. The Morgan fingerprint density at radius 1 is 1.17 bits per heavy atom. The number of anilines is 1. The summed E-state index contributed by atoms with van der Waals surface area (Å²) in [6.07, 6.45) is -0.0232. The van der Waals surface area contributed by atoms with Crippen LogP contribution in [0.1, 0.15) is 28.7 Å². The van der Waals surface area contributed by atoms with Crippen molar-refractivity contribution in [3.8, 4) is 0 Å². The molecule has 0 saturated carbocycles. The maximum absolute atomic E-state index is 13.3. The summed E-state index contributed by atoms with van der Waals surface area (Å²) in [5, 5.41) is -0.148. The highest BCUT2D eigenvalue weighted by atomic mass is 35.5. The molecule has 1 aliphatic heterocycles. The van der Waals surface area contributed by atoms with Gasteiger partial charge in [-0.3, -0.25) is 9.20 Å². The molecule has 30 heavy (non-hydrogen) atoms. The number of aromatic nitrogens is 4. The molecule has 0 radical (unpaired) electrons. The standard InChI is InChI=1S/C19H18ClF3N6O/c1-2-14-15(29-11-12(19(21,22)23)10-13(20)16(29)26-14)17(30)27-6-8-28(9-7-27)18-24-4-3-5-25-18/h3-5,10-11H,2,6-9H2,1H3. The highest BCUT2D eigenvalue weighted by Gasteiger charge is 2.34. The lowest BCUT2D eigenvalue weighted by Gasteiger charge is -2.34. The monoisotopic (exact) mass is 438 g/mol. The third kappa shape index (κ3) is 3.67. The molecule has 4 heterocycles. The van der Waals surface area contributed by atoms with Crippen molar-refractivity contribution < 1.29 is 18.0 Å². The van der Waals surface area contributed by atoms with Crippen LogP contribution in [-0.4, -0.2) is 56.3 Å². The van der Waals surface area contributed by atoms with Crippen LogP contribution < -0.4 is 4.90 Å². The number of fused-ring (bicyclic) bond motifs is 1. The van der Waals surface area contributed by atoms with E-state index in [1.165, 1.54) is 4.40 Å². The van der Waals surface area contributed by atoms with E-state index >= 15 is 0 Å². The van der Waals surface area contributed by atoms with Crippen LogP contribution in [0.2, 0.25) is 5.02 Å². The molecule has 1 amide bonds. The lowest BCUT2D eigenvalue weighted by atomic mass is 10.2. The number of piperazine rings is 1. The van der Waals surface area contributed by atoms with Gasteiger partial charge in [0.1, 0.15) is 5.69 Å². The molecule has 4 rings (SSSR count). The second-order valence-corrected chi connectivity index (χ2v) is 7.26. The van der Waals surface area contributed by atoms with E-state index in [0.29, 0.717) is 44.2 Å². The van der Waals surface area contributed by atoms with Gasteiger partial charge in [0.15, 0.2) is 5.65 Å². The van der Waals surface area contributed by atoms with Gasteiger partial charge in [-0.25, -0.2) is 15.0 Å². The first-order valence-electron chi connectivity index (χ1n) is 9.38. The van der Waals surface area contributed by atoms with Crippen molar-refractivity contribution >= 4 is 29.1 Å². The Bertz CT molecular complexity index is 1080. The van der Waals surface area contributed by atoms with Gasteiger partial charge in [-0.05, 0) is 18.6 Å². The van der Waals surface area contributed by atoms with Crippen LogP contribution in [-0.2, 0) is 12.6 Å². The Balaban J connectivity index is 1.65. The molecule has 0 N–H and O–H groups in total. The summed E-state index contributed by atoms with van der Waals surface area (Å²) in [7, 11) is 0. The smallest absolute Gasteiger partial charge is 0.337 e. The average Bonchev–Trinajstić information content (AvgIpc) is 3.12. The molecule has 1 aliphatic rings. The zero-order valence-corrected chi connectivity index (χ0v) is 16.8. The van der Waals surface area contributed by atoms with Crippen molar-refractivity contribution in [1.82, 2.24) is 24.3 Å². The number of carbonyl (C=O) groups excluding carboxylic acids is 1. The maximum atomic E-state index is 13.3. The summed E-state index contributed by atoms with van der Waals surface area (Å²) in [4.78, 5) is 29.6. The van der Waals surface area contributed by atoms with Gasteiger partial charge in [-0.15, -0.1) is 0 Å². The van der Waals surface area contributed by atoms with Crippen molar-refractivity contribution in [1.29, 1.82) is 0 Å². The molecule has 0 atom stereocenters. The highest BCUT2D eigenvalue weighted by molar-refractivity contribution is 6.33. The van der Waals surface area contributed by atoms with E-state index < -0.39 is 11.7 Å². The lowest BCUT2D eigenvalue weighted by Crippen LogP contribution is -2.49. The van der Waals surface area contributed by atoms with E-state index in [2.05, 4.69) is 15.0 Å². The van der Waals surface area contributed by atoms with Crippen molar-refractivity contribution in [2.45, 2.75) is 19.5 Å². The van der Waals surface area contributed by atoms with Crippen molar-refractivity contribution in [2.75, 3.05) is 31.1 Å². The number of amides is 1. The minimum absolute atomic E-state index is 0.116. The molecule has 11 heteroatoms. The summed E-state index contributed by atoms with van der Waals surface area (Å²) < 4.78 is 41.0. The van der Waals surface area contributed by atoms with E-state index in [9.17, 15) is 18.0 Å². The van der Waals surface area contributed by atoms with Crippen LogP contribution in [0.5, 0.6) is 0 Å². The SMILES string of the molecule is CCc1nc2c(Cl)cc(C(F)(F)F)cn2c1C(=O)N1CCN(c2ncccn2)CC1. The highest BCUT2D eigenvalue weighted by Crippen LogP contribution is 2.33. The number of hydrogen-bond donors (Lipinski definition) is 0.